The smallest absolute Gasteiger partial charge is 0.252 e. The van der Waals surface area contributed by atoms with Crippen molar-refractivity contribution in [3.05, 3.63) is 63.1 Å². The van der Waals surface area contributed by atoms with Crippen molar-refractivity contribution in [3.63, 3.8) is 0 Å². The second kappa shape index (κ2) is 9.97. The summed E-state index contributed by atoms with van der Waals surface area (Å²) >= 11 is 11.3. The van der Waals surface area contributed by atoms with Gasteiger partial charge in [0.15, 0.2) is 0 Å². The lowest BCUT2D eigenvalue weighted by Crippen LogP contribution is -2.38. The Morgan fingerprint density at radius 3 is 2.74 bits per heavy atom. The zero-order valence-corrected chi connectivity index (χ0v) is 18.5. The summed E-state index contributed by atoms with van der Waals surface area (Å²) in [4.78, 5) is 16.3. The van der Waals surface area contributed by atoms with Crippen molar-refractivity contribution in [2.45, 2.75) is 24.3 Å². The number of amides is 1. The topological polar surface area (TPSA) is 32.3 Å². The summed E-state index contributed by atoms with van der Waals surface area (Å²) in [5, 5.41) is 3.54. The standard InChI is InChI=1S/C21H24BrClN2OS/c1-27-20-5-3-2-4-16(20)14-25-10-8-15(9-11-25)13-24-21(26)18-12-17(22)6-7-19(18)23/h2-7,12,15H,8-11,13-14H2,1H3,(H,24,26). The van der Waals surface area contributed by atoms with Crippen LogP contribution >= 0.6 is 39.3 Å². The highest BCUT2D eigenvalue weighted by Crippen LogP contribution is 2.25. The van der Waals surface area contributed by atoms with Gasteiger partial charge in [0, 0.05) is 22.5 Å². The molecule has 1 N–H and O–H groups in total. The minimum Gasteiger partial charge on any atom is -0.352 e. The molecule has 1 heterocycles. The Balaban J connectivity index is 1.47. The SMILES string of the molecule is CSc1ccccc1CN1CCC(CNC(=O)c2cc(Br)ccc2Cl)CC1. The number of benzene rings is 2. The van der Waals surface area contributed by atoms with Crippen LogP contribution in [0, 0.1) is 5.92 Å². The molecule has 2 aromatic rings. The number of likely N-dealkylation sites (tertiary alicyclic amines) is 1. The molecule has 0 atom stereocenters. The van der Waals surface area contributed by atoms with Crippen molar-refractivity contribution in [1.29, 1.82) is 0 Å². The first kappa shape index (κ1) is 20.7. The number of rotatable bonds is 6. The zero-order chi connectivity index (χ0) is 19.2. The molecular weight excluding hydrogens is 444 g/mol. The predicted molar refractivity (Wildman–Crippen MR) is 118 cm³/mol. The highest BCUT2D eigenvalue weighted by atomic mass is 79.9. The van der Waals surface area contributed by atoms with Gasteiger partial charge in [-0.25, -0.2) is 0 Å². The summed E-state index contributed by atoms with van der Waals surface area (Å²) in [6, 6.07) is 14.0. The van der Waals surface area contributed by atoms with Crippen molar-refractivity contribution in [2.24, 2.45) is 5.92 Å². The van der Waals surface area contributed by atoms with Crippen LogP contribution in [0.1, 0.15) is 28.8 Å². The van der Waals surface area contributed by atoms with Crippen LogP contribution in [0.5, 0.6) is 0 Å². The third kappa shape index (κ3) is 5.74. The number of thioether (sulfide) groups is 1. The molecule has 0 radical (unpaired) electrons. The molecule has 3 nitrogen and oxygen atoms in total. The normalized spacial score (nSPS) is 15.7. The Morgan fingerprint density at radius 1 is 1.26 bits per heavy atom. The first-order chi connectivity index (χ1) is 13.1. The van der Waals surface area contributed by atoms with E-state index in [0.717, 1.165) is 36.9 Å². The molecule has 27 heavy (non-hydrogen) atoms. The summed E-state index contributed by atoms with van der Waals surface area (Å²) in [7, 11) is 0. The van der Waals surface area contributed by atoms with Crippen LogP contribution in [0.25, 0.3) is 0 Å². The number of halogens is 2. The van der Waals surface area contributed by atoms with Crippen LogP contribution in [-0.4, -0.2) is 36.7 Å². The van der Waals surface area contributed by atoms with Gasteiger partial charge in [-0.15, -0.1) is 11.8 Å². The summed E-state index contributed by atoms with van der Waals surface area (Å²) in [5.41, 5.74) is 1.93. The molecular formula is C21H24BrClN2OS. The van der Waals surface area contributed by atoms with Gasteiger partial charge in [0.1, 0.15) is 0 Å². The largest absolute Gasteiger partial charge is 0.352 e. The van der Waals surface area contributed by atoms with Gasteiger partial charge in [-0.05, 0) is 67.9 Å². The van der Waals surface area contributed by atoms with Crippen LogP contribution in [-0.2, 0) is 6.54 Å². The fraction of sp³-hybridized carbons (Fsp3) is 0.381. The molecule has 0 aromatic heterocycles. The van der Waals surface area contributed by atoms with E-state index in [1.807, 2.05) is 17.8 Å². The van der Waals surface area contributed by atoms with Crippen molar-refractivity contribution in [1.82, 2.24) is 10.2 Å². The Labute approximate surface area is 179 Å². The molecule has 1 fully saturated rings. The Kier molecular flexibility index (Phi) is 7.65. The molecule has 0 spiro atoms. The van der Waals surface area contributed by atoms with Crippen LogP contribution in [0.2, 0.25) is 5.02 Å². The van der Waals surface area contributed by atoms with Gasteiger partial charge >= 0.3 is 0 Å². The summed E-state index contributed by atoms with van der Waals surface area (Å²) in [6.07, 6.45) is 4.34. The van der Waals surface area contributed by atoms with Crippen LogP contribution < -0.4 is 5.32 Å². The maximum Gasteiger partial charge on any atom is 0.252 e. The van der Waals surface area contributed by atoms with E-state index < -0.39 is 0 Å². The van der Waals surface area contributed by atoms with Crippen LogP contribution in [0.15, 0.2) is 51.8 Å². The van der Waals surface area contributed by atoms with E-state index in [9.17, 15) is 4.79 Å². The summed E-state index contributed by atoms with van der Waals surface area (Å²) < 4.78 is 0.857. The van der Waals surface area contributed by atoms with Crippen molar-refractivity contribution < 1.29 is 4.79 Å². The van der Waals surface area contributed by atoms with E-state index in [0.29, 0.717) is 23.0 Å². The number of hydrogen-bond donors (Lipinski definition) is 1. The average Bonchev–Trinajstić information content (AvgIpc) is 2.69. The summed E-state index contributed by atoms with van der Waals surface area (Å²) in [5.74, 6) is 0.421. The highest BCUT2D eigenvalue weighted by Gasteiger charge is 2.21. The predicted octanol–water partition coefficient (Wildman–Crippen LogP) is 5.47. The molecule has 2 aromatic carbocycles. The lowest BCUT2D eigenvalue weighted by molar-refractivity contribution is 0.0935. The van der Waals surface area contributed by atoms with E-state index in [2.05, 4.69) is 56.7 Å². The maximum absolute atomic E-state index is 12.4. The van der Waals surface area contributed by atoms with E-state index >= 15 is 0 Å². The third-order valence-electron chi connectivity index (χ3n) is 5.02. The average molecular weight is 468 g/mol. The molecule has 1 aliphatic rings. The van der Waals surface area contributed by atoms with Gasteiger partial charge in [0.05, 0.1) is 10.6 Å². The third-order valence-corrected chi connectivity index (χ3v) is 6.68. The second-order valence-electron chi connectivity index (χ2n) is 6.87. The molecule has 0 bridgehead atoms. The number of nitrogens with zero attached hydrogens (tertiary/aromatic N) is 1. The van der Waals surface area contributed by atoms with Gasteiger partial charge in [0.25, 0.3) is 5.91 Å². The minimum atomic E-state index is -0.0994. The number of carbonyl (C=O) groups is 1. The molecule has 1 aliphatic heterocycles. The molecule has 0 unspecified atom stereocenters. The van der Waals surface area contributed by atoms with Crippen molar-refractivity contribution in [2.75, 3.05) is 25.9 Å². The number of nitrogens with one attached hydrogen (secondary N) is 1. The van der Waals surface area contributed by atoms with Gasteiger partial charge in [0.2, 0.25) is 0 Å². The lowest BCUT2D eigenvalue weighted by Gasteiger charge is -2.32. The van der Waals surface area contributed by atoms with E-state index in [4.69, 9.17) is 11.6 Å². The zero-order valence-electron chi connectivity index (χ0n) is 15.4. The number of hydrogen-bond acceptors (Lipinski definition) is 3. The molecule has 3 rings (SSSR count). The van der Waals surface area contributed by atoms with Gasteiger partial charge in [-0.3, -0.25) is 9.69 Å². The quantitative estimate of drug-likeness (QED) is 0.572. The lowest BCUT2D eigenvalue weighted by atomic mass is 9.96. The van der Waals surface area contributed by atoms with E-state index in [-0.39, 0.29) is 5.91 Å². The number of piperidine rings is 1. The summed E-state index contributed by atoms with van der Waals surface area (Å²) in [6.45, 7) is 3.85. The second-order valence-corrected chi connectivity index (χ2v) is 9.04. The van der Waals surface area contributed by atoms with Crippen molar-refractivity contribution >= 4 is 45.2 Å². The monoisotopic (exact) mass is 466 g/mol. The van der Waals surface area contributed by atoms with Crippen molar-refractivity contribution in [3.8, 4) is 0 Å². The minimum absolute atomic E-state index is 0.0994. The van der Waals surface area contributed by atoms with E-state index in [1.54, 1.807) is 12.1 Å². The van der Waals surface area contributed by atoms with Gasteiger partial charge in [-0.2, -0.15) is 0 Å². The van der Waals surface area contributed by atoms with Crippen LogP contribution in [0.3, 0.4) is 0 Å². The Hall–Kier alpha value is -1.01. The Bertz CT molecular complexity index is 794. The van der Waals surface area contributed by atoms with Gasteiger partial charge in [-0.1, -0.05) is 45.7 Å². The molecule has 6 heteroatoms. The maximum atomic E-state index is 12.4. The van der Waals surface area contributed by atoms with Gasteiger partial charge < -0.3 is 5.32 Å². The first-order valence-electron chi connectivity index (χ1n) is 9.14. The molecule has 144 valence electrons. The van der Waals surface area contributed by atoms with Crippen LogP contribution in [0.4, 0.5) is 0 Å². The Morgan fingerprint density at radius 2 is 2.00 bits per heavy atom. The number of carbonyl (C=O) groups excluding carboxylic acids is 1. The molecule has 1 amide bonds. The molecule has 0 saturated carbocycles. The fourth-order valence-electron chi connectivity index (χ4n) is 3.43. The molecule has 0 aliphatic carbocycles. The molecule has 1 saturated heterocycles. The fourth-order valence-corrected chi connectivity index (χ4v) is 4.60. The van der Waals surface area contributed by atoms with E-state index in [1.165, 1.54) is 10.5 Å². The first-order valence-corrected chi connectivity index (χ1v) is 11.5. The highest BCUT2D eigenvalue weighted by molar-refractivity contribution is 9.10.